The molecule has 0 aliphatic rings. The Morgan fingerprint density at radius 1 is 1.12 bits per heavy atom. The van der Waals surface area contributed by atoms with Crippen LogP contribution >= 0.6 is 23.2 Å². The minimum atomic E-state index is -0.987. The van der Waals surface area contributed by atoms with Gasteiger partial charge in [-0.3, -0.25) is 0 Å². The summed E-state index contributed by atoms with van der Waals surface area (Å²) in [6, 6.07) is 11.2. The van der Waals surface area contributed by atoms with Gasteiger partial charge in [-0.15, -0.1) is 0 Å². The Bertz CT molecular complexity index is 991. The van der Waals surface area contributed by atoms with Crippen molar-refractivity contribution in [2.24, 2.45) is 0 Å². The lowest BCUT2D eigenvalue weighted by atomic mass is 10.2. The fourth-order valence-corrected chi connectivity index (χ4v) is 3.71. The number of carbonyl (C=O) groups is 1. The molecule has 136 valence electrons. The van der Waals surface area contributed by atoms with E-state index < -0.39 is 5.97 Å². The fourth-order valence-electron chi connectivity index (χ4n) is 3.39. The van der Waals surface area contributed by atoms with Crippen molar-refractivity contribution in [3.05, 3.63) is 57.7 Å². The molecule has 0 spiro atoms. The molecule has 0 amide bonds. The quantitative estimate of drug-likeness (QED) is 0.599. The Hall–Kier alpha value is -2.17. The van der Waals surface area contributed by atoms with Crippen molar-refractivity contribution in [2.45, 2.75) is 20.8 Å². The number of para-hydroxylation sites is 1. The third-order valence-electron chi connectivity index (χ3n) is 4.62. The SMILES string of the molecule is CCN(CC)c1c(C(=O)O)n(-c2ccccc2C)c2cc(Cl)c(Cl)cc12. The van der Waals surface area contributed by atoms with Gasteiger partial charge in [0.05, 0.1) is 21.2 Å². The molecule has 3 rings (SSSR count). The molecule has 2 aromatic carbocycles. The molecule has 6 heteroatoms. The first-order valence-corrected chi connectivity index (χ1v) is 9.23. The predicted octanol–water partition coefficient (Wildman–Crippen LogP) is 5.79. The number of aromatic nitrogens is 1. The van der Waals surface area contributed by atoms with Gasteiger partial charge in [-0.25, -0.2) is 4.79 Å². The predicted molar refractivity (Wildman–Crippen MR) is 109 cm³/mol. The van der Waals surface area contributed by atoms with Gasteiger partial charge < -0.3 is 14.6 Å². The molecule has 0 fully saturated rings. The summed E-state index contributed by atoms with van der Waals surface area (Å²) in [6.45, 7) is 7.34. The first kappa shape index (κ1) is 18.6. The smallest absolute Gasteiger partial charge is 0.355 e. The highest BCUT2D eigenvalue weighted by molar-refractivity contribution is 6.43. The number of fused-ring (bicyclic) bond motifs is 1. The zero-order valence-corrected chi connectivity index (χ0v) is 16.4. The van der Waals surface area contributed by atoms with E-state index in [4.69, 9.17) is 23.2 Å². The number of aromatic carboxylic acids is 1. The van der Waals surface area contributed by atoms with Crippen LogP contribution in [0.15, 0.2) is 36.4 Å². The van der Waals surface area contributed by atoms with Crippen LogP contribution in [0.4, 0.5) is 5.69 Å². The zero-order valence-electron chi connectivity index (χ0n) is 14.9. The number of carboxylic acids is 1. The molecule has 0 saturated heterocycles. The minimum Gasteiger partial charge on any atom is -0.476 e. The first-order chi connectivity index (χ1) is 12.4. The molecule has 0 saturated carbocycles. The molecular weight excluding hydrogens is 371 g/mol. The van der Waals surface area contributed by atoms with Gasteiger partial charge in [0, 0.05) is 24.2 Å². The monoisotopic (exact) mass is 390 g/mol. The van der Waals surface area contributed by atoms with E-state index >= 15 is 0 Å². The molecule has 4 nitrogen and oxygen atoms in total. The Kier molecular flexibility index (Phi) is 5.17. The van der Waals surface area contributed by atoms with Gasteiger partial charge in [-0.05, 0) is 44.5 Å². The highest BCUT2D eigenvalue weighted by Crippen LogP contribution is 2.40. The van der Waals surface area contributed by atoms with E-state index in [9.17, 15) is 9.90 Å². The van der Waals surface area contributed by atoms with Crippen molar-refractivity contribution >= 4 is 45.8 Å². The third-order valence-corrected chi connectivity index (χ3v) is 5.34. The Labute approximate surface area is 162 Å². The summed E-state index contributed by atoms with van der Waals surface area (Å²) in [5, 5.41) is 11.7. The second-order valence-electron chi connectivity index (χ2n) is 6.08. The average Bonchev–Trinajstić information content (AvgIpc) is 2.91. The van der Waals surface area contributed by atoms with Crippen LogP contribution in [-0.2, 0) is 0 Å². The van der Waals surface area contributed by atoms with Gasteiger partial charge in [-0.2, -0.15) is 0 Å². The molecule has 0 aliphatic heterocycles. The van der Waals surface area contributed by atoms with E-state index in [0.717, 1.165) is 22.2 Å². The van der Waals surface area contributed by atoms with Crippen LogP contribution in [0.2, 0.25) is 10.0 Å². The van der Waals surface area contributed by atoms with Gasteiger partial charge in [-0.1, -0.05) is 41.4 Å². The standard InChI is InChI=1S/C20H20Cl2N2O2/c1-4-23(5-2)18-13-10-14(21)15(22)11-17(13)24(19(18)20(25)26)16-9-7-6-8-12(16)3/h6-11H,4-5H2,1-3H3,(H,25,26). The number of carboxylic acid groups (broad SMARTS) is 1. The van der Waals surface area contributed by atoms with Crippen LogP contribution in [0.5, 0.6) is 0 Å². The molecule has 26 heavy (non-hydrogen) atoms. The molecule has 0 atom stereocenters. The molecule has 0 aliphatic carbocycles. The van der Waals surface area contributed by atoms with Crippen molar-refractivity contribution in [1.82, 2.24) is 4.57 Å². The molecule has 1 heterocycles. The molecule has 1 N–H and O–H groups in total. The van der Waals surface area contributed by atoms with E-state index in [2.05, 4.69) is 0 Å². The number of nitrogens with zero attached hydrogens (tertiary/aromatic N) is 2. The maximum absolute atomic E-state index is 12.3. The topological polar surface area (TPSA) is 45.5 Å². The maximum Gasteiger partial charge on any atom is 0.355 e. The summed E-state index contributed by atoms with van der Waals surface area (Å²) in [4.78, 5) is 14.3. The summed E-state index contributed by atoms with van der Waals surface area (Å²) in [7, 11) is 0. The summed E-state index contributed by atoms with van der Waals surface area (Å²) in [5.41, 5.74) is 3.40. The van der Waals surface area contributed by atoms with E-state index in [1.54, 1.807) is 16.7 Å². The number of rotatable bonds is 5. The van der Waals surface area contributed by atoms with E-state index in [0.29, 0.717) is 28.8 Å². The first-order valence-electron chi connectivity index (χ1n) is 8.48. The minimum absolute atomic E-state index is 0.219. The number of anilines is 1. The number of halogens is 2. The Morgan fingerprint density at radius 2 is 1.73 bits per heavy atom. The Balaban J connectivity index is 2.54. The molecule has 0 radical (unpaired) electrons. The normalized spacial score (nSPS) is 11.1. The Morgan fingerprint density at radius 3 is 2.31 bits per heavy atom. The lowest BCUT2D eigenvalue weighted by Gasteiger charge is -2.22. The van der Waals surface area contributed by atoms with Crippen LogP contribution < -0.4 is 4.90 Å². The molecule has 3 aromatic rings. The van der Waals surface area contributed by atoms with Crippen molar-refractivity contribution in [2.75, 3.05) is 18.0 Å². The van der Waals surface area contributed by atoms with E-state index in [-0.39, 0.29) is 5.69 Å². The van der Waals surface area contributed by atoms with Crippen LogP contribution in [0.25, 0.3) is 16.6 Å². The summed E-state index contributed by atoms with van der Waals surface area (Å²) in [6.07, 6.45) is 0. The molecule has 0 unspecified atom stereocenters. The number of hydrogen-bond acceptors (Lipinski definition) is 2. The second kappa shape index (κ2) is 7.22. The van der Waals surface area contributed by atoms with Crippen molar-refractivity contribution in [3.8, 4) is 5.69 Å². The van der Waals surface area contributed by atoms with E-state index in [1.165, 1.54) is 0 Å². The number of aryl methyl sites for hydroxylation is 1. The fraction of sp³-hybridized carbons (Fsp3) is 0.250. The molecular formula is C20H20Cl2N2O2. The van der Waals surface area contributed by atoms with Gasteiger partial charge in [0.25, 0.3) is 0 Å². The zero-order chi connectivity index (χ0) is 19.0. The summed E-state index contributed by atoms with van der Waals surface area (Å²) in [5.74, 6) is -0.987. The van der Waals surface area contributed by atoms with Crippen LogP contribution in [0, 0.1) is 6.92 Å². The maximum atomic E-state index is 12.3. The van der Waals surface area contributed by atoms with Crippen molar-refractivity contribution in [3.63, 3.8) is 0 Å². The number of benzene rings is 2. The lowest BCUT2D eigenvalue weighted by Crippen LogP contribution is -2.24. The van der Waals surface area contributed by atoms with Gasteiger partial charge in [0.2, 0.25) is 0 Å². The highest BCUT2D eigenvalue weighted by Gasteiger charge is 2.27. The van der Waals surface area contributed by atoms with Crippen LogP contribution in [-0.4, -0.2) is 28.7 Å². The van der Waals surface area contributed by atoms with Crippen LogP contribution in [0.1, 0.15) is 29.9 Å². The highest BCUT2D eigenvalue weighted by atomic mass is 35.5. The summed E-state index contributed by atoms with van der Waals surface area (Å²) < 4.78 is 1.77. The third kappa shape index (κ3) is 2.93. The largest absolute Gasteiger partial charge is 0.476 e. The van der Waals surface area contributed by atoms with Gasteiger partial charge >= 0.3 is 5.97 Å². The van der Waals surface area contributed by atoms with Crippen LogP contribution in [0.3, 0.4) is 0 Å². The molecule has 1 aromatic heterocycles. The van der Waals surface area contributed by atoms with Crippen molar-refractivity contribution < 1.29 is 9.90 Å². The second-order valence-corrected chi connectivity index (χ2v) is 6.89. The van der Waals surface area contributed by atoms with Gasteiger partial charge in [0.15, 0.2) is 5.69 Å². The lowest BCUT2D eigenvalue weighted by molar-refractivity contribution is 0.0689. The van der Waals surface area contributed by atoms with Gasteiger partial charge in [0.1, 0.15) is 0 Å². The van der Waals surface area contributed by atoms with E-state index in [1.807, 2.05) is 49.9 Å². The molecule has 0 bridgehead atoms. The average molecular weight is 391 g/mol. The van der Waals surface area contributed by atoms with Crippen molar-refractivity contribution in [1.29, 1.82) is 0 Å². The number of hydrogen-bond donors (Lipinski definition) is 1. The summed E-state index contributed by atoms with van der Waals surface area (Å²) >= 11 is 12.5.